The molecule has 1 N–H and O–H groups in total. The summed E-state index contributed by atoms with van der Waals surface area (Å²) >= 11 is 0. The summed E-state index contributed by atoms with van der Waals surface area (Å²) < 4.78 is 38.2. The van der Waals surface area contributed by atoms with Gasteiger partial charge in [-0.25, -0.2) is 9.59 Å². The predicted octanol–water partition coefficient (Wildman–Crippen LogP) is 7.15. The lowest BCUT2D eigenvalue weighted by Gasteiger charge is -2.52. The Balaban J connectivity index is 0.000000582. The number of nitrogens with zero attached hydrogens (tertiary/aromatic N) is 4. The number of alkyl halides is 3. The van der Waals surface area contributed by atoms with Crippen LogP contribution in [-0.2, 0) is 9.53 Å². The number of carboxylic acid groups (broad SMARTS) is 1. The summed E-state index contributed by atoms with van der Waals surface area (Å²) in [6, 6.07) is 10.2. The summed E-state index contributed by atoms with van der Waals surface area (Å²) in [4.78, 5) is 46.5. The van der Waals surface area contributed by atoms with Gasteiger partial charge in [0.15, 0.2) is 0 Å². The highest BCUT2D eigenvalue weighted by Gasteiger charge is 2.50. The van der Waals surface area contributed by atoms with Crippen LogP contribution in [0.1, 0.15) is 94.3 Å². The van der Waals surface area contributed by atoms with Crippen LogP contribution >= 0.6 is 0 Å². The van der Waals surface area contributed by atoms with Crippen LogP contribution in [0.2, 0.25) is 0 Å². The van der Waals surface area contributed by atoms with E-state index in [1.54, 1.807) is 6.20 Å². The van der Waals surface area contributed by atoms with Crippen LogP contribution in [0.3, 0.4) is 0 Å². The van der Waals surface area contributed by atoms with Crippen LogP contribution in [0, 0.1) is 11.8 Å². The third-order valence-corrected chi connectivity index (χ3v) is 10.8. The van der Waals surface area contributed by atoms with Gasteiger partial charge in [0.1, 0.15) is 5.60 Å². The smallest absolute Gasteiger partial charge is 0.475 e. The molecule has 6 rings (SSSR count). The maximum atomic E-state index is 13.3. The van der Waals surface area contributed by atoms with Gasteiger partial charge in [0.25, 0.3) is 5.91 Å². The molecule has 48 heavy (non-hydrogen) atoms. The number of carboxylic acids is 1. The van der Waals surface area contributed by atoms with Crippen molar-refractivity contribution in [2.75, 3.05) is 39.3 Å². The van der Waals surface area contributed by atoms with Gasteiger partial charge in [-0.2, -0.15) is 13.2 Å². The monoisotopic (exact) mass is 674 g/mol. The standard InChI is InChI=1S/C34H48N4O3.C2HF3O2/c1-2-3-11-29-25-38(24-26-8-5-4-6-9-26)33(40)41-34(29)16-21-36(22-17-34)30-14-19-37(20-15-30)32(39)28-12-13-31-27(23-28)10-7-18-35-31;3-2(4,5)1(6)7/h7,10,12-13,18,23,26,29-30H,2-6,8-9,11,14-17,19-22,24-25H2,1H3;(H,6,7). The molecule has 2 aromatic rings. The Morgan fingerprint density at radius 2 is 1.71 bits per heavy atom. The molecule has 0 bridgehead atoms. The zero-order valence-corrected chi connectivity index (χ0v) is 27.9. The molecular weight excluding hydrogens is 625 g/mol. The molecule has 1 aromatic heterocycles. The molecule has 1 aliphatic carbocycles. The second-order valence-corrected chi connectivity index (χ2v) is 14.0. The van der Waals surface area contributed by atoms with Crippen molar-refractivity contribution in [1.29, 1.82) is 0 Å². The van der Waals surface area contributed by atoms with Crippen molar-refractivity contribution < 1.29 is 37.4 Å². The Morgan fingerprint density at radius 1 is 1.02 bits per heavy atom. The fraction of sp³-hybridized carbons (Fsp3) is 0.667. The van der Waals surface area contributed by atoms with Gasteiger partial charge in [-0.15, -0.1) is 0 Å². The first-order valence-electron chi connectivity index (χ1n) is 17.6. The highest BCUT2D eigenvalue weighted by atomic mass is 19.4. The molecule has 4 fully saturated rings. The van der Waals surface area contributed by atoms with E-state index in [4.69, 9.17) is 14.6 Å². The first-order valence-corrected chi connectivity index (χ1v) is 17.6. The van der Waals surface area contributed by atoms with Gasteiger partial charge in [0.2, 0.25) is 0 Å². The van der Waals surface area contributed by atoms with Crippen LogP contribution in [0.4, 0.5) is 18.0 Å². The number of fused-ring (bicyclic) bond motifs is 1. The van der Waals surface area contributed by atoms with E-state index in [2.05, 4.69) is 21.7 Å². The molecule has 9 nitrogen and oxygen atoms in total. The Kier molecular flexibility index (Phi) is 11.9. The van der Waals surface area contributed by atoms with Crippen LogP contribution in [0.25, 0.3) is 10.9 Å². The number of aliphatic carboxylic acids is 1. The molecule has 264 valence electrons. The molecule has 1 atom stereocenters. The number of amides is 2. The number of carbonyl (C=O) groups excluding carboxylic acids is 2. The van der Waals surface area contributed by atoms with Crippen molar-refractivity contribution in [3.8, 4) is 0 Å². The fourth-order valence-electron chi connectivity index (χ4n) is 8.07. The molecule has 2 amide bonds. The number of carbonyl (C=O) groups is 3. The van der Waals surface area contributed by atoms with Crippen molar-refractivity contribution in [2.45, 2.75) is 102 Å². The Hall–Kier alpha value is -3.41. The maximum Gasteiger partial charge on any atom is 0.490 e. The number of likely N-dealkylation sites (tertiary alicyclic amines) is 2. The number of ether oxygens (including phenoxy) is 1. The maximum absolute atomic E-state index is 13.3. The van der Waals surface area contributed by atoms with Crippen molar-refractivity contribution in [3.63, 3.8) is 0 Å². The number of rotatable bonds is 7. The van der Waals surface area contributed by atoms with E-state index in [1.807, 2.05) is 35.2 Å². The first-order chi connectivity index (χ1) is 23.0. The van der Waals surface area contributed by atoms with Gasteiger partial charge >= 0.3 is 18.2 Å². The van der Waals surface area contributed by atoms with Crippen LogP contribution in [0.5, 0.6) is 0 Å². The van der Waals surface area contributed by atoms with Gasteiger partial charge in [-0.1, -0.05) is 45.1 Å². The minimum atomic E-state index is -5.08. The summed E-state index contributed by atoms with van der Waals surface area (Å²) in [6.07, 6.45) is 10.5. The molecule has 3 aliphatic heterocycles. The summed E-state index contributed by atoms with van der Waals surface area (Å²) in [7, 11) is 0. The Labute approximate surface area is 280 Å². The van der Waals surface area contributed by atoms with Crippen molar-refractivity contribution in [1.82, 2.24) is 19.7 Å². The molecule has 1 spiro atoms. The number of pyridine rings is 1. The second-order valence-electron chi connectivity index (χ2n) is 14.0. The van der Waals surface area contributed by atoms with E-state index in [-0.39, 0.29) is 17.6 Å². The average molecular weight is 675 g/mol. The minimum absolute atomic E-state index is 0.0620. The largest absolute Gasteiger partial charge is 0.490 e. The molecule has 1 aromatic carbocycles. The lowest BCUT2D eigenvalue weighted by atomic mass is 9.75. The van der Waals surface area contributed by atoms with Crippen LogP contribution in [-0.4, -0.2) is 99.8 Å². The van der Waals surface area contributed by atoms with Crippen molar-refractivity contribution in [3.05, 3.63) is 42.1 Å². The third-order valence-electron chi connectivity index (χ3n) is 10.8. The van der Waals surface area contributed by atoms with E-state index in [0.29, 0.717) is 17.9 Å². The highest BCUT2D eigenvalue weighted by Crippen LogP contribution is 2.42. The number of aromatic nitrogens is 1. The zero-order chi connectivity index (χ0) is 34.3. The number of unbranched alkanes of at least 4 members (excludes halogenated alkanes) is 1. The van der Waals surface area contributed by atoms with E-state index >= 15 is 0 Å². The molecule has 4 heterocycles. The molecule has 12 heteroatoms. The Morgan fingerprint density at radius 3 is 2.35 bits per heavy atom. The summed E-state index contributed by atoms with van der Waals surface area (Å²) in [5.41, 5.74) is 1.37. The number of hydrogen-bond donors (Lipinski definition) is 1. The number of piperidine rings is 2. The molecule has 3 saturated heterocycles. The normalized spacial score (nSPS) is 22.7. The summed E-state index contributed by atoms with van der Waals surface area (Å²) in [6.45, 7) is 7.57. The lowest BCUT2D eigenvalue weighted by molar-refractivity contribution is -0.192. The van der Waals surface area contributed by atoms with Gasteiger partial charge in [-0.3, -0.25) is 14.7 Å². The van der Waals surface area contributed by atoms with Gasteiger partial charge in [-0.05, 0) is 62.3 Å². The summed E-state index contributed by atoms with van der Waals surface area (Å²) in [5, 5.41) is 8.13. The number of hydrogen-bond acceptors (Lipinski definition) is 6. The van der Waals surface area contributed by atoms with Gasteiger partial charge < -0.3 is 19.6 Å². The van der Waals surface area contributed by atoms with Crippen LogP contribution in [0.15, 0.2) is 36.5 Å². The van der Waals surface area contributed by atoms with Gasteiger partial charge in [0.05, 0.1) is 5.52 Å². The second kappa shape index (κ2) is 15.9. The number of halogens is 3. The molecule has 4 aliphatic rings. The molecule has 1 unspecified atom stereocenters. The molecule has 1 saturated carbocycles. The first kappa shape index (κ1) is 35.9. The lowest BCUT2D eigenvalue weighted by Crippen LogP contribution is -2.61. The fourth-order valence-corrected chi connectivity index (χ4v) is 8.07. The van der Waals surface area contributed by atoms with Crippen LogP contribution < -0.4 is 0 Å². The average Bonchev–Trinajstić information content (AvgIpc) is 3.09. The number of benzene rings is 1. The quantitative estimate of drug-likeness (QED) is 0.333. The van der Waals surface area contributed by atoms with Gasteiger partial charge in [0, 0.05) is 81.2 Å². The van der Waals surface area contributed by atoms with E-state index in [9.17, 15) is 22.8 Å². The minimum Gasteiger partial charge on any atom is -0.475 e. The van der Waals surface area contributed by atoms with E-state index in [0.717, 1.165) is 87.8 Å². The van der Waals surface area contributed by atoms with Crippen molar-refractivity contribution in [2.24, 2.45) is 11.8 Å². The topological polar surface area (TPSA) is 103 Å². The van der Waals surface area contributed by atoms with E-state index < -0.39 is 12.1 Å². The summed E-state index contributed by atoms with van der Waals surface area (Å²) in [5.74, 6) is -1.55. The Bertz CT molecular complexity index is 1400. The van der Waals surface area contributed by atoms with E-state index in [1.165, 1.54) is 44.9 Å². The van der Waals surface area contributed by atoms with Crippen molar-refractivity contribution >= 4 is 28.9 Å². The SMILES string of the molecule is CCCCC1CN(CC2CCCCC2)C(=O)OC12CCN(C1CCN(C(=O)c3ccc4ncccc4c3)CC1)CC2.O=C(O)C(F)(F)F. The molecular formula is C36H49F3N4O5. The third kappa shape index (κ3) is 8.78. The zero-order valence-electron chi connectivity index (χ0n) is 27.9. The molecule has 0 radical (unpaired) electrons. The predicted molar refractivity (Wildman–Crippen MR) is 176 cm³/mol. The highest BCUT2D eigenvalue weighted by molar-refractivity contribution is 5.98.